The van der Waals surface area contributed by atoms with Crippen molar-refractivity contribution in [3.05, 3.63) is 23.8 Å². The van der Waals surface area contributed by atoms with Gasteiger partial charge in [-0.2, -0.15) is 13.2 Å². The molecule has 0 spiro atoms. The minimum atomic E-state index is -4.21. The first-order valence-electron chi connectivity index (χ1n) is 6.80. The molecule has 0 radical (unpaired) electrons. The number of alkyl halides is 3. The number of halogens is 4. The average molecular weight is 447 g/mol. The predicted molar refractivity (Wildman–Crippen MR) is 93.6 cm³/mol. The van der Waals surface area contributed by atoms with Crippen LogP contribution >= 0.6 is 24.0 Å². The Morgan fingerprint density at radius 3 is 2.57 bits per heavy atom. The smallest absolute Gasteiger partial charge is 0.390 e. The van der Waals surface area contributed by atoms with E-state index in [0.717, 1.165) is 0 Å². The molecule has 0 aliphatic heterocycles. The maximum atomic E-state index is 12.1. The van der Waals surface area contributed by atoms with Gasteiger partial charge in [0.1, 0.15) is 11.5 Å². The summed E-state index contributed by atoms with van der Waals surface area (Å²) in [5.74, 6) is 0.877. The van der Waals surface area contributed by atoms with Crippen LogP contribution in [0, 0.1) is 0 Å². The molecular formula is C14H21F3IN3O2. The molecule has 0 fully saturated rings. The second-order valence-electron chi connectivity index (χ2n) is 4.48. The number of rotatable bonds is 6. The number of guanidine groups is 1. The summed E-state index contributed by atoms with van der Waals surface area (Å²) >= 11 is 0. The maximum Gasteiger partial charge on any atom is 0.390 e. The molecule has 0 bridgehead atoms. The van der Waals surface area contributed by atoms with Gasteiger partial charge in [0.2, 0.25) is 0 Å². The lowest BCUT2D eigenvalue weighted by Gasteiger charge is -2.13. The van der Waals surface area contributed by atoms with E-state index in [-0.39, 0.29) is 48.8 Å². The van der Waals surface area contributed by atoms with Gasteiger partial charge in [-0.15, -0.1) is 24.0 Å². The molecule has 0 aliphatic carbocycles. The zero-order chi connectivity index (χ0) is 16.6. The monoisotopic (exact) mass is 447 g/mol. The highest BCUT2D eigenvalue weighted by molar-refractivity contribution is 14.0. The highest BCUT2D eigenvalue weighted by atomic mass is 127. The van der Waals surface area contributed by atoms with Gasteiger partial charge in [-0.3, -0.25) is 0 Å². The van der Waals surface area contributed by atoms with Gasteiger partial charge in [0, 0.05) is 18.7 Å². The molecule has 23 heavy (non-hydrogen) atoms. The van der Waals surface area contributed by atoms with Crippen molar-refractivity contribution in [2.24, 2.45) is 4.99 Å². The zero-order valence-corrected chi connectivity index (χ0v) is 15.2. The van der Waals surface area contributed by atoms with Crippen LogP contribution in [0.3, 0.4) is 0 Å². The molecule has 0 saturated heterocycles. The Morgan fingerprint density at radius 2 is 2.00 bits per heavy atom. The number of aliphatic imine (C=N–C) groups is 1. The molecule has 132 valence electrons. The Kier molecular flexibility index (Phi) is 9.77. The predicted octanol–water partition coefficient (Wildman–Crippen LogP) is 3.03. The number of methoxy groups -OCH3 is 1. The van der Waals surface area contributed by atoms with Crippen LogP contribution in [0.5, 0.6) is 11.5 Å². The molecule has 5 nitrogen and oxygen atoms in total. The van der Waals surface area contributed by atoms with Gasteiger partial charge in [0.25, 0.3) is 0 Å². The van der Waals surface area contributed by atoms with Crippen LogP contribution in [0.25, 0.3) is 0 Å². The van der Waals surface area contributed by atoms with Gasteiger partial charge in [-0.05, 0) is 25.1 Å². The average Bonchev–Trinajstić information content (AvgIpc) is 2.45. The number of aromatic hydroxyl groups is 1. The van der Waals surface area contributed by atoms with Gasteiger partial charge in [0.15, 0.2) is 5.96 Å². The Balaban J connectivity index is 0.00000484. The highest BCUT2D eigenvalue weighted by Gasteiger charge is 2.26. The van der Waals surface area contributed by atoms with Gasteiger partial charge >= 0.3 is 6.18 Å². The lowest BCUT2D eigenvalue weighted by Crippen LogP contribution is -2.38. The third-order valence-corrected chi connectivity index (χ3v) is 2.74. The van der Waals surface area contributed by atoms with Gasteiger partial charge in [-0.25, -0.2) is 4.99 Å². The number of benzene rings is 1. The van der Waals surface area contributed by atoms with Crippen molar-refractivity contribution < 1.29 is 23.0 Å². The van der Waals surface area contributed by atoms with Crippen LogP contribution in [0.4, 0.5) is 13.2 Å². The van der Waals surface area contributed by atoms with Crippen LogP contribution in [-0.2, 0) is 6.54 Å². The topological polar surface area (TPSA) is 65.9 Å². The largest absolute Gasteiger partial charge is 0.508 e. The minimum absolute atomic E-state index is 0. The van der Waals surface area contributed by atoms with E-state index >= 15 is 0 Å². The molecule has 0 aliphatic rings. The SMILES string of the molecule is CCNC(=NCc1cc(OC)ccc1O)NCCC(F)(F)F.I. The summed E-state index contributed by atoms with van der Waals surface area (Å²) in [6.07, 6.45) is -5.16. The summed E-state index contributed by atoms with van der Waals surface area (Å²) in [5.41, 5.74) is 0.521. The van der Waals surface area contributed by atoms with Gasteiger partial charge in [0.05, 0.1) is 20.1 Å². The fraction of sp³-hybridized carbons (Fsp3) is 0.500. The lowest BCUT2D eigenvalue weighted by atomic mass is 10.2. The maximum absolute atomic E-state index is 12.1. The molecule has 0 amide bonds. The highest BCUT2D eigenvalue weighted by Crippen LogP contribution is 2.23. The number of nitrogens with one attached hydrogen (secondary N) is 2. The van der Waals surface area contributed by atoms with Crippen LogP contribution in [0.15, 0.2) is 23.2 Å². The minimum Gasteiger partial charge on any atom is -0.508 e. The first-order valence-corrected chi connectivity index (χ1v) is 6.80. The number of phenolic OH excluding ortho intramolecular Hbond substituents is 1. The number of hydrogen-bond donors (Lipinski definition) is 3. The van der Waals surface area contributed by atoms with E-state index in [0.29, 0.717) is 17.9 Å². The number of phenols is 1. The summed E-state index contributed by atoms with van der Waals surface area (Å²) in [5, 5.41) is 15.2. The molecule has 9 heteroatoms. The van der Waals surface area contributed by atoms with Gasteiger partial charge in [-0.1, -0.05) is 0 Å². The van der Waals surface area contributed by atoms with Crippen molar-refractivity contribution >= 4 is 29.9 Å². The molecule has 0 unspecified atom stereocenters. The Labute approximate surface area is 150 Å². The Hall–Kier alpha value is -1.39. The van der Waals surface area contributed by atoms with Crippen molar-refractivity contribution in [3.8, 4) is 11.5 Å². The number of hydrogen-bond acceptors (Lipinski definition) is 3. The molecule has 1 aromatic rings. The second kappa shape index (κ2) is 10.4. The number of nitrogens with zero attached hydrogens (tertiary/aromatic N) is 1. The summed E-state index contributed by atoms with van der Waals surface area (Å²) in [4.78, 5) is 4.15. The van der Waals surface area contributed by atoms with Crippen molar-refractivity contribution in [2.75, 3.05) is 20.2 Å². The van der Waals surface area contributed by atoms with Crippen LogP contribution in [0.2, 0.25) is 0 Å². The van der Waals surface area contributed by atoms with Crippen molar-refractivity contribution in [1.82, 2.24) is 10.6 Å². The standard InChI is InChI=1S/C14H20F3N3O2.HI/c1-3-18-13(19-7-6-14(15,16)17)20-9-10-8-11(22-2)4-5-12(10)21;/h4-5,8,21H,3,6-7,9H2,1-2H3,(H2,18,19,20);1H. The Morgan fingerprint density at radius 1 is 1.30 bits per heavy atom. The van der Waals surface area contributed by atoms with E-state index in [9.17, 15) is 18.3 Å². The third kappa shape index (κ3) is 8.72. The third-order valence-electron chi connectivity index (χ3n) is 2.74. The van der Waals surface area contributed by atoms with E-state index < -0.39 is 12.6 Å². The summed E-state index contributed by atoms with van der Waals surface area (Å²) < 4.78 is 41.4. The number of ether oxygens (including phenoxy) is 1. The molecule has 1 rings (SSSR count). The molecular weight excluding hydrogens is 426 g/mol. The van der Waals surface area contributed by atoms with Crippen molar-refractivity contribution in [1.29, 1.82) is 0 Å². The molecule has 1 aromatic carbocycles. The summed E-state index contributed by atoms with van der Waals surface area (Å²) in [6.45, 7) is 2.18. The molecule has 3 N–H and O–H groups in total. The molecule has 0 heterocycles. The Bertz CT molecular complexity index is 511. The van der Waals surface area contributed by atoms with E-state index in [2.05, 4.69) is 15.6 Å². The van der Waals surface area contributed by atoms with E-state index in [4.69, 9.17) is 4.74 Å². The zero-order valence-electron chi connectivity index (χ0n) is 12.9. The first-order chi connectivity index (χ1) is 10.4. The quantitative estimate of drug-likeness (QED) is 0.357. The van der Waals surface area contributed by atoms with E-state index in [1.165, 1.54) is 13.2 Å². The molecule has 0 saturated carbocycles. The summed E-state index contributed by atoms with van der Waals surface area (Å²) in [6, 6.07) is 4.71. The van der Waals surface area contributed by atoms with Gasteiger partial charge < -0.3 is 20.5 Å². The molecule has 0 atom stereocenters. The second-order valence-corrected chi connectivity index (χ2v) is 4.48. The fourth-order valence-corrected chi connectivity index (χ4v) is 1.64. The normalized spacial score (nSPS) is 11.6. The van der Waals surface area contributed by atoms with E-state index in [1.54, 1.807) is 12.1 Å². The van der Waals surface area contributed by atoms with E-state index in [1.807, 2.05) is 6.92 Å². The first kappa shape index (κ1) is 21.6. The van der Waals surface area contributed by atoms with Crippen molar-refractivity contribution in [3.63, 3.8) is 0 Å². The fourth-order valence-electron chi connectivity index (χ4n) is 1.64. The lowest BCUT2D eigenvalue weighted by molar-refractivity contribution is -0.132. The van der Waals surface area contributed by atoms with Crippen LogP contribution in [-0.4, -0.2) is 37.4 Å². The van der Waals surface area contributed by atoms with Crippen LogP contribution < -0.4 is 15.4 Å². The molecule has 0 aromatic heterocycles. The summed E-state index contributed by atoms with van der Waals surface area (Å²) in [7, 11) is 1.50. The van der Waals surface area contributed by atoms with Crippen molar-refractivity contribution in [2.45, 2.75) is 26.1 Å². The van der Waals surface area contributed by atoms with Crippen LogP contribution in [0.1, 0.15) is 18.9 Å².